The normalized spacial score (nSPS) is 16.8. The number of amides is 1. The second-order valence-corrected chi connectivity index (χ2v) is 6.94. The zero-order valence-corrected chi connectivity index (χ0v) is 15.5. The molecule has 0 spiro atoms. The van der Waals surface area contributed by atoms with Crippen LogP contribution < -0.4 is 9.64 Å². The van der Waals surface area contributed by atoms with Gasteiger partial charge in [0, 0.05) is 32.0 Å². The third-order valence-corrected chi connectivity index (χ3v) is 4.91. The lowest BCUT2D eigenvalue weighted by molar-refractivity contribution is 0.0767. The smallest absolute Gasteiger partial charge is 0.255 e. The summed E-state index contributed by atoms with van der Waals surface area (Å²) in [6, 6.07) is 7.72. The van der Waals surface area contributed by atoms with E-state index >= 15 is 0 Å². The SMILES string of the molecule is CSc1ccccc1C(=O)N1CCC(Oc2cncc(N(C)C)n2)C1. The van der Waals surface area contributed by atoms with Gasteiger partial charge in [0.25, 0.3) is 5.91 Å². The molecule has 1 saturated heterocycles. The summed E-state index contributed by atoms with van der Waals surface area (Å²) in [5.74, 6) is 1.30. The summed E-state index contributed by atoms with van der Waals surface area (Å²) in [7, 11) is 3.82. The summed E-state index contributed by atoms with van der Waals surface area (Å²) in [5.41, 5.74) is 0.755. The summed E-state index contributed by atoms with van der Waals surface area (Å²) < 4.78 is 5.94. The summed E-state index contributed by atoms with van der Waals surface area (Å²) in [6.45, 7) is 1.25. The average molecular weight is 358 g/mol. The van der Waals surface area contributed by atoms with E-state index in [4.69, 9.17) is 4.74 Å². The highest BCUT2D eigenvalue weighted by atomic mass is 32.2. The van der Waals surface area contributed by atoms with Crippen LogP contribution in [0.15, 0.2) is 41.6 Å². The van der Waals surface area contributed by atoms with Crippen molar-refractivity contribution in [3.8, 4) is 5.88 Å². The van der Waals surface area contributed by atoms with Gasteiger partial charge in [-0.3, -0.25) is 9.78 Å². The van der Waals surface area contributed by atoms with E-state index < -0.39 is 0 Å². The highest BCUT2D eigenvalue weighted by Crippen LogP contribution is 2.24. The van der Waals surface area contributed by atoms with Gasteiger partial charge in [-0.15, -0.1) is 11.8 Å². The summed E-state index contributed by atoms with van der Waals surface area (Å²) in [6.07, 6.45) is 6.02. The van der Waals surface area contributed by atoms with Gasteiger partial charge in [0.15, 0.2) is 5.82 Å². The van der Waals surface area contributed by atoms with E-state index in [1.165, 1.54) is 0 Å². The zero-order valence-electron chi connectivity index (χ0n) is 14.7. The first-order valence-electron chi connectivity index (χ1n) is 8.17. The molecule has 2 aromatic rings. The third kappa shape index (κ3) is 4.04. The number of ether oxygens (including phenoxy) is 1. The maximum atomic E-state index is 12.8. The Morgan fingerprint density at radius 2 is 2.12 bits per heavy atom. The zero-order chi connectivity index (χ0) is 17.8. The van der Waals surface area contributed by atoms with E-state index in [0.29, 0.717) is 19.0 Å². The van der Waals surface area contributed by atoms with Gasteiger partial charge in [0.05, 0.1) is 24.5 Å². The molecule has 1 amide bonds. The van der Waals surface area contributed by atoms with Gasteiger partial charge in [-0.25, -0.2) is 0 Å². The van der Waals surface area contributed by atoms with Crippen molar-refractivity contribution in [1.82, 2.24) is 14.9 Å². The second kappa shape index (κ2) is 7.74. The van der Waals surface area contributed by atoms with Gasteiger partial charge in [-0.2, -0.15) is 4.98 Å². The lowest BCUT2D eigenvalue weighted by Gasteiger charge is -2.18. The van der Waals surface area contributed by atoms with E-state index in [2.05, 4.69) is 9.97 Å². The Labute approximate surface area is 152 Å². The highest BCUT2D eigenvalue weighted by Gasteiger charge is 2.29. The molecule has 1 aromatic carbocycles. The molecule has 0 radical (unpaired) electrons. The van der Waals surface area contributed by atoms with Crippen LogP contribution in [0.4, 0.5) is 5.82 Å². The van der Waals surface area contributed by atoms with Crippen LogP contribution in [0.25, 0.3) is 0 Å². The standard InChI is InChI=1S/C18H22N4O2S/c1-21(2)16-10-19-11-17(20-16)24-13-8-9-22(12-13)18(23)14-6-4-5-7-15(14)25-3/h4-7,10-11,13H,8-9,12H2,1-3H3. The Kier molecular flexibility index (Phi) is 5.43. The summed E-state index contributed by atoms with van der Waals surface area (Å²) in [4.78, 5) is 26.1. The number of nitrogens with zero attached hydrogens (tertiary/aromatic N) is 4. The number of benzene rings is 1. The highest BCUT2D eigenvalue weighted by molar-refractivity contribution is 7.98. The molecule has 2 heterocycles. The third-order valence-electron chi connectivity index (χ3n) is 4.11. The molecule has 0 aliphatic carbocycles. The van der Waals surface area contributed by atoms with Crippen LogP contribution in [-0.2, 0) is 0 Å². The van der Waals surface area contributed by atoms with Crippen LogP contribution in [0, 0.1) is 0 Å². The molecular formula is C18H22N4O2S. The molecule has 0 bridgehead atoms. The Morgan fingerprint density at radius 3 is 2.88 bits per heavy atom. The summed E-state index contributed by atoms with van der Waals surface area (Å²) in [5, 5.41) is 0. The molecule has 3 rings (SSSR count). The first-order valence-corrected chi connectivity index (χ1v) is 9.39. The van der Waals surface area contributed by atoms with Crippen molar-refractivity contribution >= 4 is 23.5 Å². The molecule has 1 aliphatic rings. The topological polar surface area (TPSA) is 58.6 Å². The Balaban J connectivity index is 1.65. The quantitative estimate of drug-likeness (QED) is 0.766. The number of anilines is 1. The molecule has 1 unspecified atom stereocenters. The van der Waals surface area contributed by atoms with Gasteiger partial charge in [-0.1, -0.05) is 12.1 Å². The van der Waals surface area contributed by atoms with E-state index in [1.807, 2.05) is 54.4 Å². The van der Waals surface area contributed by atoms with Gasteiger partial charge in [-0.05, 0) is 18.4 Å². The number of hydrogen-bond acceptors (Lipinski definition) is 6. The molecule has 132 valence electrons. The van der Waals surface area contributed by atoms with Gasteiger partial charge in [0.2, 0.25) is 5.88 Å². The van der Waals surface area contributed by atoms with E-state index in [1.54, 1.807) is 24.2 Å². The lowest BCUT2D eigenvalue weighted by Crippen LogP contribution is -2.31. The largest absolute Gasteiger partial charge is 0.471 e. The summed E-state index contributed by atoms with van der Waals surface area (Å²) >= 11 is 1.59. The van der Waals surface area contributed by atoms with Crippen LogP contribution >= 0.6 is 11.8 Å². The fraction of sp³-hybridized carbons (Fsp3) is 0.389. The lowest BCUT2D eigenvalue weighted by atomic mass is 10.2. The van der Waals surface area contributed by atoms with Crippen LogP contribution in [-0.4, -0.2) is 60.3 Å². The van der Waals surface area contributed by atoms with Crippen LogP contribution in [0.2, 0.25) is 0 Å². The Hall–Kier alpha value is -2.28. The molecule has 25 heavy (non-hydrogen) atoms. The van der Waals surface area contributed by atoms with Crippen LogP contribution in [0.3, 0.4) is 0 Å². The van der Waals surface area contributed by atoms with Crippen LogP contribution in [0.1, 0.15) is 16.8 Å². The van der Waals surface area contributed by atoms with E-state index in [0.717, 1.165) is 22.7 Å². The Morgan fingerprint density at radius 1 is 1.32 bits per heavy atom. The van der Waals surface area contributed by atoms with Gasteiger partial charge in [0.1, 0.15) is 6.10 Å². The maximum absolute atomic E-state index is 12.8. The van der Waals surface area contributed by atoms with Crippen molar-refractivity contribution in [2.75, 3.05) is 38.3 Å². The molecule has 0 N–H and O–H groups in total. The first-order chi connectivity index (χ1) is 12.1. The molecule has 1 aromatic heterocycles. The number of carbonyl (C=O) groups excluding carboxylic acids is 1. The fourth-order valence-corrected chi connectivity index (χ4v) is 3.37. The number of aromatic nitrogens is 2. The predicted molar refractivity (Wildman–Crippen MR) is 99.5 cm³/mol. The maximum Gasteiger partial charge on any atom is 0.255 e. The Bertz CT molecular complexity index is 753. The molecule has 7 heteroatoms. The average Bonchev–Trinajstić information content (AvgIpc) is 3.09. The van der Waals surface area contributed by atoms with Crippen molar-refractivity contribution in [2.45, 2.75) is 17.4 Å². The van der Waals surface area contributed by atoms with Gasteiger partial charge < -0.3 is 14.5 Å². The number of thioether (sulfide) groups is 1. The number of rotatable bonds is 5. The number of likely N-dealkylation sites (tertiary alicyclic amines) is 1. The van der Waals surface area contributed by atoms with Crippen molar-refractivity contribution in [3.05, 3.63) is 42.2 Å². The number of hydrogen-bond donors (Lipinski definition) is 0. The molecule has 6 nitrogen and oxygen atoms in total. The van der Waals surface area contributed by atoms with E-state index in [-0.39, 0.29) is 12.0 Å². The number of carbonyl (C=O) groups is 1. The molecule has 0 saturated carbocycles. The minimum Gasteiger partial charge on any atom is -0.471 e. The minimum absolute atomic E-state index is 0.0582. The molecule has 1 fully saturated rings. The van der Waals surface area contributed by atoms with Gasteiger partial charge >= 0.3 is 0 Å². The van der Waals surface area contributed by atoms with E-state index in [9.17, 15) is 4.79 Å². The monoisotopic (exact) mass is 358 g/mol. The molecule has 1 aliphatic heterocycles. The van der Waals surface area contributed by atoms with Crippen LogP contribution in [0.5, 0.6) is 5.88 Å². The van der Waals surface area contributed by atoms with Crippen molar-refractivity contribution in [1.29, 1.82) is 0 Å². The minimum atomic E-state index is -0.0582. The predicted octanol–water partition coefficient (Wildman–Crippen LogP) is 2.56. The molecule has 1 atom stereocenters. The fourth-order valence-electron chi connectivity index (χ4n) is 2.78. The van der Waals surface area contributed by atoms with Crippen molar-refractivity contribution < 1.29 is 9.53 Å². The molecular weight excluding hydrogens is 336 g/mol. The second-order valence-electron chi connectivity index (χ2n) is 6.09. The first kappa shape index (κ1) is 17.5. The van der Waals surface area contributed by atoms with Crippen molar-refractivity contribution in [2.24, 2.45) is 0 Å². The van der Waals surface area contributed by atoms with Crippen molar-refractivity contribution in [3.63, 3.8) is 0 Å².